The zero-order valence-corrected chi connectivity index (χ0v) is 10.5. The minimum atomic E-state index is -1.21. The molecule has 5 heteroatoms. The molecule has 1 aromatic carbocycles. The maximum absolute atomic E-state index is 11.6. The Morgan fingerprint density at radius 3 is 2.56 bits per heavy atom. The molecule has 0 aliphatic rings. The average Bonchev–Trinajstić information content (AvgIpc) is 2.28. The van der Waals surface area contributed by atoms with E-state index in [1.165, 1.54) is 11.8 Å². The van der Waals surface area contributed by atoms with Gasteiger partial charge in [0.25, 0.3) is 5.56 Å². The molecule has 2 N–H and O–H groups in total. The Balaban J connectivity index is 2.50. The number of carboxylic acids is 1. The lowest BCUT2D eigenvalue weighted by atomic mass is 10.2. The second-order valence-corrected chi connectivity index (χ2v) is 4.86. The lowest BCUT2D eigenvalue weighted by Gasteiger charge is -2.06. The molecule has 0 spiro atoms. The van der Waals surface area contributed by atoms with E-state index in [0.717, 1.165) is 4.90 Å². The van der Waals surface area contributed by atoms with E-state index in [2.05, 4.69) is 4.98 Å². The first-order valence-corrected chi connectivity index (χ1v) is 6.09. The third kappa shape index (κ3) is 2.62. The Hall–Kier alpha value is -2.01. The first-order chi connectivity index (χ1) is 8.58. The van der Waals surface area contributed by atoms with Crippen LogP contribution < -0.4 is 5.56 Å². The Morgan fingerprint density at radius 2 is 1.94 bits per heavy atom. The topological polar surface area (TPSA) is 70.2 Å². The van der Waals surface area contributed by atoms with E-state index in [0.29, 0.717) is 10.6 Å². The molecule has 0 atom stereocenters. The standard InChI is InChI=1S/C13H11NO3S/c1-8-7-10(11(13(16)17)12(15)14-8)18-9-5-3-2-4-6-9/h2-7H,1H3,(H,14,15)(H,16,17). The normalized spacial score (nSPS) is 10.3. The fourth-order valence-electron chi connectivity index (χ4n) is 1.56. The molecule has 0 aliphatic carbocycles. The first kappa shape index (κ1) is 12.4. The second-order valence-electron chi connectivity index (χ2n) is 3.74. The van der Waals surface area contributed by atoms with Gasteiger partial charge in [-0.1, -0.05) is 30.0 Å². The number of aromatic carboxylic acids is 1. The summed E-state index contributed by atoms with van der Waals surface area (Å²) in [6, 6.07) is 11.0. The fourth-order valence-corrected chi connectivity index (χ4v) is 2.62. The summed E-state index contributed by atoms with van der Waals surface area (Å²) in [6.07, 6.45) is 0. The van der Waals surface area contributed by atoms with Crippen LogP contribution in [-0.2, 0) is 0 Å². The zero-order chi connectivity index (χ0) is 13.1. The van der Waals surface area contributed by atoms with Gasteiger partial charge in [0.1, 0.15) is 5.56 Å². The monoisotopic (exact) mass is 261 g/mol. The number of hydrogen-bond acceptors (Lipinski definition) is 3. The molecule has 2 rings (SSSR count). The number of aromatic nitrogens is 1. The van der Waals surface area contributed by atoms with Crippen molar-refractivity contribution in [2.24, 2.45) is 0 Å². The number of H-pyrrole nitrogens is 1. The fraction of sp³-hybridized carbons (Fsp3) is 0.0769. The lowest BCUT2D eigenvalue weighted by Crippen LogP contribution is -2.19. The van der Waals surface area contributed by atoms with Crippen molar-refractivity contribution in [3.63, 3.8) is 0 Å². The summed E-state index contributed by atoms with van der Waals surface area (Å²) in [7, 11) is 0. The van der Waals surface area contributed by atoms with Gasteiger partial charge in [0.05, 0.1) is 0 Å². The van der Waals surface area contributed by atoms with Crippen molar-refractivity contribution in [3.8, 4) is 0 Å². The molecule has 1 aromatic heterocycles. The molecule has 0 fully saturated rings. The van der Waals surface area contributed by atoms with Crippen LogP contribution in [0.25, 0.3) is 0 Å². The van der Waals surface area contributed by atoms with Gasteiger partial charge in [-0.15, -0.1) is 0 Å². The van der Waals surface area contributed by atoms with Gasteiger partial charge in [-0.05, 0) is 25.1 Å². The summed E-state index contributed by atoms with van der Waals surface area (Å²) in [5.74, 6) is -1.21. The lowest BCUT2D eigenvalue weighted by molar-refractivity contribution is 0.0691. The highest BCUT2D eigenvalue weighted by molar-refractivity contribution is 7.99. The van der Waals surface area contributed by atoms with Crippen molar-refractivity contribution in [1.82, 2.24) is 4.98 Å². The third-order valence-corrected chi connectivity index (χ3v) is 3.37. The van der Waals surface area contributed by atoms with Gasteiger partial charge in [-0.2, -0.15) is 0 Å². The van der Waals surface area contributed by atoms with E-state index in [1.54, 1.807) is 13.0 Å². The van der Waals surface area contributed by atoms with E-state index in [-0.39, 0.29) is 5.56 Å². The van der Waals surface area contributed by atoms with Crippen LogP contribution in [0.4, 0.5) is 0 Å². The molecule has 0 saturated heterocycles. The molecule has 0 saturated carbocycles. The van der Waals surface area contributed by atoms with E-state index in [1.807, 2.05) is 30.3 Å². The maximum atomic E-state index is 11.6. The number of nitrogens with one attached hydrogen (secondary N) is 1. The molecule has 18 heavy (non-hydrogen) atoms. The summed E-state index contributed by atoms with van der Waals surface area (Å²) in [5, 5.41) is 9.08. The highest BCUT2D eigenvalue weighted by Crippen LogP contribution is 2.29. The molecule has 0 amide bonds. The Bertz CT molecular complexity index is 634. The largest absolute Gasteiger partial charge is 0.477 e. The van der Waals surface area contributed by atoms with Crippen LogP contribution in [0.15, 0.2) is 51.0 Å². The van der Waals surface area contributed by atoms with Gasteiger partial charge < -0.3 is 10.1 Å². The van der Waals surface area contributed by atoms with Crippen molar-refractivity contribution in [2.75, 3.05) is 0 Å². The van der Waals surface area contributed by atoms with E-state index in [4.69, 9.17) is 5.11 Å². The molecule has 0 bridgehead atoms. The Labute approximate surface area is 108 Å². The van der Waals surface area contributed by atoms with Gasteiger partial charge in [-0.3, -0.25) is 4.79 Å². The van der Waals surface area contributed by atoms with Crippen LogP contribution in [0.1, 0.15) is 16.1 Å². The number of pyridine rings is 1. The van der Waals surface area contributed by atoms with Crippen LogP contribution in [0.2, 0.25) is 0 Å². The molecule has 1 heterocycles. The molecule has 92 valence electrons. The van der Waals surface area contributed by atoms with Crippen molar-refractivity contribution in [3.05, 3.63) is 58.0 Å². The molecule has 4 nitrogen and oxygen atoms in total. The summed E-state index contributed by atoms with van der Waals surface area (Å²) >= 11 is 1.27. The van der Waals surface area contributed by atoms with Crippen molar-refractivity contribution in [2.45, 2.75) is 16.7 Å². The first-order valence-electron chi connectivity index (χ1n) is 5.28. The minimum Gasteiger partial charge on any atom is -0.477 e. The van der Waals surface area contributed by atoms with Crippen LogP contribution in [0, 0.1) is 6.92 Å². The van der Waals surface area contributed by atoms with Crippen LogP contribution in [0.3, 0.4) is 0 Å². The van der Waals surface area contributed by atoms with Crippen LogP contribution in [-0.4, -0.2) is 16.1 Å². The molecular weight excluding hydrogens is 250 g/mol. The number of carbonyl (C=O) groups is 1. The molecule has 2 aromatic rings. The summed E-state index contributed by atoms with van der Waals surface area (Å²) in [4.78, 5) is 26.6. The number of hydrogen-bond donors (Lipinski definition) is 2. The van der Waals surface area contributed by atoms with Gasteiger partial charge >= 0.3 is 5.97 Å². The zero-order valence-electron chi connectivity index (χ0n) is 9.64. The predicted molar refractivity (Wildman–Crippen MR) is 69.3 cm³/mol. The van der Waals surface area contributed by atoms with Crippen molar-refractivity contribution >= 4 is 17.7 Å². The molecule has 0 aliphatic heterocycles. The summed E-state index contributed by atoms with van der Waals surface area (Å²) in [6.45, 7) is 1.72. The Morgan fingerprint density at radius 1 is 1.28 bits per heavy atom. The second kappa shape index (κ2) is 5.10. The van der Waals surface area contributed by atoms with Gasteiger partial charge in [0.2, 0.25) is 0 Å². The summed E-state index contributed by atoms with van der Waals surface area (Å²) in [5.41, 5.74) is -0.140. The number of aryl methyl sites for hydroxylation is 1. The average molecular weight is 261 g/mol. The van der Waals surface area contributed by atoms with Gasteiger partial charge in [0.15, 0.2) is 0 Å². The third-order valence-electron chi connectivity index (χ3n) is 2.32. The molecule has 0 unspecified atom stereocenters. The van der Waals surface area contributed by atoms with Gasteiger partial charge in [-0.25, -0.2) is 4.79 Å². The SMILES string of the molecule is Cc1cc(Sc2ccccc2)c(C(=O)O)c(=O)[nH]1. The molecular formula is C13H11NO3S. The number of rotatable bonds is 3. The predicted octanol–water partition coefficient (Wildman–Crippen LogP) is 2.53. The van der Waals surface area contributed by atoms with Crippen molar-refractivity contribution in [1.29, 1.82) is 0 Å². The molecule has 0 radical (unpaired) electrons. The number of benzene rings is 1. The van der Waals surface area contributed by atoms with Crippen molar-refractivity contribution < 1.29 is 9.90 Å². The quantitative estimate of drug-likeness (QED) is 0.890. The Kier molecular flexibility index (Phi) is 3.53. The minimum absolute atomic E-state index is 0.213. The smallest absolute Gasteiger partial charge is 0.342 e. The highest BCUT2D eigenvalue weighted by atomic mass is 32.2. The van der Waals surface area contributed by atoms with Gasteiger partial charge in [0, 0.05) is 15.5 Å². The van der Waals surface area contributed by atoms with E-state index < -0.39 is 11.5 Å². The number of carboxylic acid groups (broad SMARTS) is 1. The van der Waals surface area contributed by atoms with Crippen LogP contribution in [0.5, 0.6) is 0 Å². The summed E-state index contributed by atoms with van der Waals surface area (Å²) < 4.78 is 0. The van der Waals surface area contributed by atoms with Crippen LogP contribution >= 0.6 is 11.8 Å². The van der Waals surface area contributed by atoms with E-state index >= 15 is 0 Å². The maximum Gasteiger partial charge on any atom is 0.342 e. The highest BCUT2D eigenvalue weighted by Gasteiger charge is 2.16. The number of aromatic amines is 1. The van der Waals surface area contributed by atoms with E-state index in [9.17, 15) is 9.59 Å².